The van der Waals surface area contributed by atoms with E-state index in [4.69, 9.17) is 4.74 Å². The third-order valence-corrected chi connectivity index (χ3v) is 3.57. The molecule has 1 heterocycles. The standard InChI is InChI=1S/C18H17N3O2/c1-23-17-5-3-2-4-15(17)18(22)19-12-13-6-8-14(9-7-13)16-10-11-20-21-16/h2-11H,12H2,1H3,(H,19,22)(H,20,21). The number of nitrogens with zero attached hydrogens (tertiary/aromatic N) is 1. The molecule has 0 saturated heterocycles. The molecular formula is C18H17N3O2. The van der Waals surface area contributed by atoms with E-state index in [0.29, 0.717) is 17.9 Å². The van der Waals surface area contributed by atoms with Gasteiger partial charge in [-0.2, -0.15) is 5.10 Å². The van der Waals surface area contributed by atoms with E-state index in [1.807, 2.05) is 42.5 Å². The number of hydrogen-bond acceptors (Lipinski definition) is 3. The highest BCUT2D eigenvalue weighted by Gasteiger charge is 2.10. The van der Waals surface area contributed by atoms with Gasteiger partial charge in [0, 0.05) is 12.7 Å². The van der Waals surface area contributed by atoms with Crippen molar-refractivity contribution in [2.24, 2.45) is 0 Å². The summed E-state index contributed by atoms with van der Waals surface area (Å²) in [5.74, 6) is 0.416. The van der Waals surface area contributed by atoms with Crippen molar-refractivity contribution in [2.45, 2.75) is 6.54 Å². The molecule has 0 unspecified atom stereocenters. The van der Waals surface area contributed by atoms with Crippen molar-refractivity contribution >= 4 is 5.91 Å². The highest BCUT2D eigenvalue weighted by molar-refractivity contribution is 5.96. The molecule has 1 aromatic heterocycles. The summed E-state index contributed by atoms with van der Waals surface area (Å²) in [5.41, 5.74) is 3.58. The SMILES string of the molecule is COc1ccccc1C(=O)NCc1ccc(-c2ccn[nH]2)cc1. The Hall–Kier alpha value is -3.08. The van der Waals surface area contributed by atoms with Crippen molar-refractivity contribution in [1.29, 1.82) is 0 Å². The quantitative estimate of drug-likeness (QED) is 0.761. The summed E-state index contributed by atoms with van der Waals surface area (Å²) in [7, 11) is 1.56. The van der Waals surface area contributed by atoms with Crippen molar-refractivity contribution in [3.05, 3.63) is 71.9 Å². The Morgan fingerprint density at radius 3 is 2.61 bits per heavy atom. The minimum atomic E-state index is -0.153. The van der Waals surface area contributed by atoms with Crippen molar-refractivity contribution in [3.63, 3.8) is 0 Å². The number of carbonyl (C=O) groups excluding carboxylic acids is 1. The van der Waals surface area contributed by atoms with Crippen molar-refractivity contribution in [2.75, 3.05) is 7.11 Å². The molecule has 2 aromatic carbocycles. The molecule has 3 rings (SSSR count). The molecule has 0 radical (unpaired) electrons. The van der Waals surface area contributed by atoms with Crippen LogP contribution in [0, 0.1) is 0 Å². The minimum absolute atomic E-state index is 0.153. The molecule has 0 saturated carbocycles. The van der Waals surface area contributed by atoms with Crippen LogP contribution in [0.5, 0.6) is 5.75 Å². The molecule has 0 aliphatic rings. The number of carbonyl (C=O) groups is 1. The predicted molar refractivity (Wildman–Crippen MR) is 88.2 cm³/mol. The molecule has 2 N–H and O–H groups in total. The summed E-state index contributed by atoms with van der Waals surface area (Å²) >= 11 is 0. The Labute approximate surface area is 134 Å². The number of aromatic amines is 1. The topological polar surface area (TPSA) is 67.0 Å². The molecule has 23 heavy (non-hydrogen) atoms. The molecule has 0 aliphatic carbocycles. The molecule has 5 heteroatoms. The van der Waals surface area contributed by atoms with Gasteiger partial charge in [-0.3, -0.25) is 9.89 Å². The Kier molecular flexibility index (Phi) is 4.38. The van der Waals surface area contributed by atoms with Gasteiger partial charge in [0.1, 0.15) is 5.75 Å². The van der Waals surface area contributed by atoms with Gasteiger partial charge >= 0.3 is 0 Å². The molecule has 0 aliphatic heterocycles. The fraction of sp³-hybridized carbons (Fsp3) is 0.111. The molecule has 3 aromatic rings. The number of rotatable bonds is 5. The lowest BCUT2D eigenvalue weighted by molar-refractivity contribution is 0.0948. The average molecular weight is 307 g/mol. The highest BCUT2D eigenvalue weighted by Crippen LogP contribution is 2.18. The smallest absolute Gasteiger partial charge is 0.255 e. The normalized spacial score (nSPS) is 10.3. The van der Waals surface area contributed by atoms with Crippen LogP contribution in [0.15, 0.2) is 60.8 Å². The van der Waals surface area contributed by atoms with Gasteiger partial charge in [-0.15, -0.1) is 0 Å². The Morgan fingerprint density at radius 1 is 1.13 bits per heavy atom. The van der Waals surface area contributed by atoms with Crippen LogP contribution in [0.3, 0.4) is 0 Å². The van der Waals surface area contributed by atoms with Gasteiger partial charge in [0.25, 0.3) is 5.91 Å². The van der Waals surface area contributed by atoms with Gasteiger partial charge in [-0.05, 0) is 29.3 Å². The number of amides is 1. The maximum absolute atomic E-state index is 12.2. The van der Waals surface area contributed by atoms with Crippen molar-refractivity contribution in [1.82, 2.24) is 15.5 Å². The molecule has 0 fully saturated rings. The predicted octanol–water partition coefficient (Wildman–Crippen LogP) is 3.02. The number of benzene rings is 2. The number of aromatic nitrogens is 2. The van der Waals surface area contributed by atoms with Crippen LogP contribution in [0.1, 0.15) is 15.9 Å². The first-order valence-electron chi connectivity index (χ1n) is 7.28. The molecule has 0 atom stereocenters. The summed E-state index contributed by atoms with van der Waals surface area (Å²) in [6.07, 6.45) is 1.72. The zero-order valence-electron chi connectivity index (χ0n) is 12.7. The largest absolute Gasteiger partial charge is 0.496 e. The lowest BCUT2D eigenvalue weighted by atomic mass is 10.1. The molecule has 0 spiro atoms. The van der Waals surface area contributed by atoms with E-state index in [0.717, 1.165) is 16.8 Å². The lowest BCUT2D eigenvalue weighted by Crippen LogP contribution is -2.23. The van der Waals surface area contributed by atoms with Crippen molar-refractivity contribution in [3.8, 4) is 17.0 Å². The number of nitrogens with one attached hydrogen (secondary N) is 2. The second-order valence-electron chi connectivity index (χ2n) is 5.05. The van der Waals surface area contributed by atoms with Crippen LogP contribution >= 0.6 is 0 Å². The van der Waals surface area contributed by atoms with Gasteiger partial charge in [-0.25, -0.2) is 0 Å². The minimum Gasteiger partial charge on any atom is -0.496 e. The van der Waals surface area contributed by atoms with Gasteiger partial charge in [0.15, 0.2) is 0 Å². The van der Waals surface area contributed by atoms with Crippen molar-refractivity contribution < 1.29 is 9.53 Å². The van der Waals surface area contributed by atoms with Crippen LogP contribution in [0.25, 0.3) is 11.3 Å². The van der Waals surface area contributed by atoms with Crippen LogP contribution in [0.4, 0.5) is 0 Å². The maximum atomic E-state index is 12.2. The first-order chi connectivity index (χ1) is 11.3. The second kappa shape index (κ2) is 6.79. The summed E-state index contributed by atoms with van der Waals surface area (Å²) in [6, 6.07) is 17.1. The van der Waals surface area contributed by atoms with Gasteiger partial charge < -0.3 is 10.1 Å². The van der Waals surface area contributed by atoms with Crippen LogP contribution < -0.4 is 10.1 Å². The van der Waals surface area contributed by atoms with E-state index in [1.165, 1.54) is 0 Å². The first kappa shape index (κ1) is 14.8. The Balaban J connectivity index is 1.65. The third-order valence-electron chi connectivity index (χ3n) is 3.57. The molecule has 5 nitrogen and oxygen atoms in total. The number of para-hydroxylation sites is 1. The van der Waals surface area contributed by atoms with Crippen LogP contribution in [0.2, 0.25) is 0 Å². The molecule has 1 amide bonds. The monoisotopic (exact) mass is 307 g/mol. The lowest BCUT2D eigenvalue weighted by Gasteiger charge is -2.09. The number of H-pyrrole nitrogens is 1. The van der Waals surface area contributed by atoms with E-state index < -0.39 is 0 Å². The summed E-state index contributed by atoms with van der Waals surface area (Å²) < 4.78 is 5.21. The summed E-state index contributed by atoms with van der Waals surface area (Å²) in [6.45, 7) is 0.458. The molecular weight excluding hydrogens is 290 g/mol. The van der Waals surface area contributed by atoms with Gasteiger partial charge in [0.05, 0.1) is 18.4 Å². The summed E-state index contributed by atoms with van der Waals surface area (Å²) in [4.78, 5) is 12.2. The fourth-order valence-electron chi connectivity index (χ4n) is 2.33. The third kappa shape index (κ3) is 3.40. The molecule has 0 bridgehead atoms. The Morgan fingerprint density at radius 2 is 1.91 bits per heavy atom. The average Bonchev–Trinajstić information content (AvgIpc) is 3.14. The number of ether oxygens (including phenoxy) is 1. The summed E-state index contributed by atoms with van der Waals surface area (Å²) in [5, 5.41) is 9.77. The van der Waals surface area contributed by atoms with Gasteiger partial charge in [-0.1, -0.05) is 36.4 Å². The van der Waals surface area contributed by atoms with E-state index in [1.54, 1.807) is 25.4 Å². The first-order valence-corrected chi connectivity index (χ1v) is 7.28. The van der Waals surface area contributed by atoms with E-state index in [2.05, 4.69) is 15.5 Å². The zero-order valence-corrected chi connectivity index (χ0v) is 12.7. The fourth-order valence-corrected chi connectivity index (χ4v) is 2.33. The highest BCUT2D eigenvalue weighted by atomic mass is 16.5. The van der Waals surface area contributed by atoms with Crippen LogP contribution in [-0.2, 0) is 6.54 Å². The number of methoxy groups -OCH3 is 1. The number of hydrogen-bond donors (Lipinski definition) is 2. The van der Waals surface area contributed by atoms with E-state index >= 15 is 0 Å². The van der Waals surface area contributed by atoms with E-state index in [9.17, 15) is 4.79 Å². The maximum Gasteiger partial charge on any atom is 0.255 e. The zero-order chi connectivity index (χ0) is 16.1. The second-order valence-corrected chi connectivity index (χ2v) is 5.05. The Bertz CT molecular complexity index is 780. The molecule has 116 valence electrons. The van der Waals surface area contributed by atoms with E-state index in [-0.39, 0.29) is 5.91 Å². The van der Waals surface area contributed by atoms with Gasteiger partial charge in [0.2, 0.25) is 0 Å². The van der Waals surface area contributed by atoms with Crippen LogP contribution in [-0.4, -0.2) is 23.2 Å².